The van der Waals surface area contributed by atoms with E-state index in [4.69, 9.17) is 4.74 Å². The van der Waals surface area contributed by atoms with Gasteiger partial charge in [0.05, 0.1) is 11.5 Å². The van der Waals surface area contributed by atoms with Gasteiger partial charge in [0.2, 0.25) is 0 Å². The summed E-state index contributed by atoms with van der Waals surface area (Å²) in [4.78, 5) is 1.20. The first-order valence-corrected chi connectivity index (χ1v) is 7.15. The Bertz CT molecular complexity index is 428. The molecule has 0 aromatic carbocycles. The molecule has 0 aliphatic heterocycles. The van der Waals surface area contributed by atoms with Crippen molar-refractivity contribution >= 4 is 22.7 Å². The summed E-state index contributed by atoms with van der Waals surface area (Å²) in [6.07, 6.45) is 0.923. The number of nitrogens with one attached hydrogen (secondary N) is 1. The molecule has 6 heteroatoms. The lowest BCUT2D eigenvalue weighted by Crippen LogP contribution is -2.21. The largest absolute Gasteiger partial charge is 0.383 e. The molecule has 4 nitrogen and oxygen atoms in total. The average Bonchev–Trinajstić information content (AvgIpc) is 2.99. The fraction of sp³-hybridized carbons (Fsp3) is 0.455. The van der Waals surface area contributed by atoms with Gasteiger partial charge >= 0.3 is 0 Å². The number of hydrogen-bond donors (Lipinski definition) is 1. The van der Waals surface area contributed by atoms with Crippen LogP contribution in [-0.4, -0.2) is 37.0 Å². The van der Waals surface area contributed by atoms with Crippen molar-refractivity contribution in [2.75, 3.05) is 26.8 Å². The van der Waals surface area contributed by atoms with Crippen LogP contribution < -0.4 is 5.32 Å². The first-order chi connectivity index (χ1) is 8.40. The average molecular weight is 269 g/mol. The van der Waals surface area contributed by atoms with Crippen molar-refractivity contribution in [3.05, 3.63) is 22.5 Å². The lowest BCUT2D eigenvalue weighted by molar-refractivity contribution is 0.199. The summed E-state index contributed by atoms with van der Waals surface area (Å²) in [6.45, 7) is 2.55. The van der Waals surface area contributed by atoms with Gasteiger partial charge in [-0.3, -0.25) is 0 Å². The molecule has 0 aliphatic rings. The summed E-state index contributed by atoms with van der Waals surface area (Å²) >= 11 is 3.37. The molecule has 2 aromatic rings. The number of nitrogens with zero attached hydrogens (tertiary/aromatic N) is 2. The standard InChI is InChI=1S/C11H15N3OS2/c1-15-7-6-12-5-4-10-13-14-11(17-10)9-3-2-8-16-9/h2-3,8,12H,4-7H2,1H3. The Labute approximate surface area is 109 Å². The van der Waals surface area contributed by atoms with Crippen molar-refractivity contribution in [3.8, 4) is 9.88 Å². The summed E-state index contributed by atoms with van der Waals surface area (Å²) in [5, 5.41) is 15.8. The molecule has 2 aromatic heterocycles. The van der Waals surface area contributed by atoms with Crippen LogP contribution in [0.25, 0.3) is 9.88 Å². The molecule has 0 radical (unpaired) electrons. The number of aromatic nitrogens is 2. The monoisotopic (exact) mass is 269 g/mol. The SMILES string of the molecule is COCCNCCc1nnc(-c2cccs2)s1. The van der Waals surface area contributed by atoms with Crippen LogP contribution in [0.3, 0.4) is 0 Å². The maximum atomic E-state index is 4.96. The predicted octanol–water partition coefficient (Wildman–Crippen LogP) is 2.05. The van der Waals surface area contributed by atoms with Crippen LogP contribution in [0.1, 0.15) is 5.01 Å². The Morgan fingerprint density at radius 1 is 1.35 bits per heavy atom. The Balaban J connectivity index is 1.79. The molecule has 1 N–H and O–H groups in total. The smallest absolute Gasteiger partial charge is 0.157 e. The maximum absolute atomic E-state index is 4.96. The normalized spacial score (nSPS) is 10.9. The first-order valence-electron chi connectivity index (χ1n) is 5.46. The molecule has 2 rings (SSSR count). The molecule has 0 unspecified atom stereocenters. The number of hydrogen-bond acceptors (Lipinski definition) is 6. The van der Waals surface area contributed by atoms with Crippen LogP contribution in [0.4, 0.5) is 0 Å². The van der Waals surface area contributed by atoms with Gasteiger partial charge in [0, 0.05) is 26.6 Å². The van der Waals surface area contributed by atoms with E-state index < -0.39 is 0 Å². The van der Waals surface area contributed by atoms with Gasteiger partial charge in [0.25, 0.3) is 0 Å². The van der Waals surface area contributed by atoms with E-state index in [0.29, 0.717) is 0 Å². The maximum Gasteiger partial charge on any atom is 0.157 e. The Morgan fingerprint density at radius 2 is 2.29 bits per heavy atom. The van der Waals surface area contributed by atoms with Crippen molar-refractivity contribution in [2.24, 2.45) is 0 Å². The second kappa shape index (κ2) is 6.80. The van der Waals surface area contributed by atoms with Crippen molar-refractivity contribution in [3.63, 3.8) is 0 Å². The summed E-state index contributed by atoms with van der Waals surface area (Å²) in [6, 6.07) is 4.11. The van der Waals surface area contributed by atoms with Gasteiger partial charge in [0.15, 0.2) is 5.01 Å². The van der Waals surface area contributed by atoms with Crippen LogP contribution in [0.15, 0.2) is 17.5 Å². The molecule has 92 valence electrons. The molecule has 0 atom stereocenters. The van der Waals surface area contributed by atoms with E-state index in [-0.39, 0.29) is 0 Å². The third-order valence-corrected chi connectivity index (χ3v) is 4.22. The van der Waals surface area contributed by atoms with Crippen LogP contribution >= 0.6 is 22.7 Å². The summed E-state index contributed by atoms with van der Waals surface area (Å²) in [5.74, 6) is 0. The van der Waals surface area contributed by atoms with E-state index in [1.54, 1.807) is 29.8 Å². The van der Waals surface area contributed by atoms with E-state index >= 15 is 0 Å². The van der Waals surface area contributed by atoms with Crippen molar-refractivity contribution in [1.82, 2.24) is 15.5 Å². The fourth-order valence-electron chi connectivity index (χ4n) is 1.35. The van der Waals surface area contributed by atoms with Gasteiger partial charge < -0.3 is 10.1 Å². The topological polar surface area (TPSA) is 47.0 Å². The molecule has 0 bridgehead atoms. The van der Waals surface area contributed by atoms with Crippen LogP contribution in [0, 0.1) is 0 Å². The number of rotatable bonds is 7. The minimum atomic E-state index is 0.747. The van der Waals surface area contributed by atoms with Crippen LogP contribution in [-0.2, 0) is 11.2 Å². The van der Waals surface area contributed by atoms with Gasteiger partial charge in [-0.2, -0.15) is 0 Å². The Morgan fingerprint density at radius 3 is 3.06 bits per heavy atom. The summed E-state index contributed by atoms with van der Waals surface area (Å²) in [7, 11) is 1.71. The molecule has 0 spiro atoms. The van der Waals surface area contributed by atoms with E-state index in [2.05, 4.69) is 27.0 Å². The number of thiophene rings is 1. The van der Waals surface area contributed by atoms with Crippen molar-refractivity contribution < 1.29 is 4.74 Å². The van der Waals surface area contributed by atoms with Crippen molar-refractivity contribution in [2.45, 2.75) is 6.42 Å². The lowest BCUT2D eigenvalue weighted by Gasteiger charge is -2.00. The quantitative estimate of drug-likeness (QED) is 0.781. The lowest BCUT2D eigenvalue weighted by atomic mass is 10.4. The molecule has 0 saturated carbocycles. The van der Waals surface area contributed by atoms with E-state index in [1.807, 2.05) is 6.07 Å². The molecular formula is C11H15N3OS2. The predicted molar refractivity (Wildman–Crippen MR) is 71.7 cm³/mol. The van der Waals surface area contributed by atoms with E-state index in [9.17, 15) is 0 Å². The molecular weight excluding hydrogens is 254 g/mol. The molecule has 2 heterocycles. The van der Waals surface area contributed by atoms with Gasteiger partial charge in [-0.05, 0) is 11.4 Å². The second-order valence-corrected chi connectivity index (χ2v) is 5.48. The van der Waals surface area contributed by atoms with E-state index in [1.165, 1.54) is 4.88 Å². The zero-order valence-corrected chi connectivity index (χ0v) is 11.3. The van der Waals surface area contributed by atoms with Gasteiger partial charge in [-0.1, -0.05) is 17.4 Å². The van der Waals surface area contributed by atoms with Gasteiger partial charge in [0.1, 0.15) is 5.01 Å². The molecule has 17 heavy (non-hydrogen) atoms. The minimum absolute atomic E-state index is 0.747. The Hall–Kier alpha value is -0.820. The zero-order valence-electron chi connectivity index (χ0n) is 9.68. The van der Waals surface area contributed by atoms with Crippen LogP contribution in [0.5, 0.6) is 0 Å². The molecule has 0 aliphatic carbocycles. The molecule has 0 amide bonds. The van der Waals surface area contributed by atoms with E-state index in [0.717, 1.165) is 36.1 Å². The summed E-state index contributed by atoms with van der Waals surface area (Å²) < 4.78 is 4.96. The summed E-state index contributed by atoms with van der Waals surface area (Å²) in [5.41, 5.74) is 0. The highest BCUT2D eigenvalue weighted by Crippen LogP contribution is 2.27. The highest BCUT2D eigenvalue weighted by atomic mass is 32.1. The zero-order chi connectivity index (χ0) is 11.9. The van der Waals surface area contributed by atoms with Crippen LogP contribution in [0.2, 0.25) is 0 Å². The molecule has 0 saturated heterocycles. The highest BCUT2D eigenvalue weighted by molar-refractivity contribution is 7.20. The highest BCUT2D eigenvalue weighted by Gasteiger charge is 2.06. The molecule has 0 fully saturated rings. The number of ether oxygens (including phenoxy) is 1. The van der Waals surface area contributed by atoms with Gasteiger partial charge in [-0.15, -0.1) is 21.5 Å². The minimum Gasteiger partial charge on any atom is -0.383 e. The Kier molecular flexibility index (Phi) is 5.06. The first kappa shape index (κ1) is 12.6. The van der Waals surface area contributed by atoms with Crippen molar-refractivity contribution in [1.29, 1.82) is 0 Å². The third kappa shape index (κ3) is 3.85. The number of methoxy groups -OCH3 is 1. The second-order valence-electron chi connectivity index (χ2n) is 3.47. The third-order valence-electron chi connectivity index (χ3n) is 2.20. The van der Waals surface area contributed by atoms with Gasteiger partial charge in [-0.25, -0.2) is 0 Å². The fourth-order valence-corrected chi connectivity index (χ4v) is 2.98.